The highest BCUT2D eigenvalue weighted by Gasteiger charge is 2.46. The molecule has 1 aromatic heterocycles. The lowest BCUT2D eigenvalue weighted by molar-refractivity contribution is 0.349. The number of benzene rings is 1. The summed E-state index contributed by atoms with van der Waals surface area (Å²) in [7, 11) is 0. The van der Waals surface area contributed by atoms with Gasteiger partial charge in [-0.05, 0) is 55.2 Å². The second-order valence-electron chi connectivity index (χ2n) is 6.37. The number of fused-ring (bicyclic) bond motifs is 2. The minimum absolute atomic E-state index is 0.152. The topological polar surface area (TPSA) is 47.2 Å². The third-order valence-electron chi connectivity index (χ3n) is 5.11. The molecule has 1 saturated carbocycles. The van der Waals surface area contributed by atoms with Crippen LogP contribution in [-0.2, 0) is 6.42 Å². The largest absolute Gasteiger partial charge is 0.233 e. The van der Waals surface area contributed by atoms with Gasteiger partial charge < -0.3 is 0 Å². The van der Waals surface area contributed by atoms with E-state index in [1.165, 1.54) is 17.7 Å². The molecule has 2 atom stereocenters. The van der Waals surface area contributed by atoms with Gasteiger partial charge in [0.05, 0.1) is 17.6 Å². The summed E-state index contributed by atoms with van der Waals surface area (Å²) in [6, 6.07) is 6.16. The number of aromatic nitrogens is 2. The lowest BCUT2D eigenvalue weighted by Crippen LogP contribution is -2.31. The average Bonchev–Trinajstić information content (AvgIpc) is 3.05. The number of nitroso groups, excluding NO2 is 1. The number of hydrogen-bond acceptors (Lipinski definition) is 3. The summed E-state index contributed by atoms with van der Waals surface area (Å²) < 4.78 is 14.9. The van der Waals surface area contributed by atoms with E-state index in [9.17, 15) is 9.30 Å². The van der Waals surface area contributed by atoms with Crippen LogP contribution >= 0.6 is 0 Å². The van der Waals surface area contributed by atoms with Crippen molar-refractivity contribution in [3.05, 3.63) is 58.0 Å². The molecule has 1 unspecified atom stereocenters. The van der Waals surface area contributed by atoms with Crippen LogP contribution in [0.25, 0.3) is 11.8 Å². The molecule has 2 aliphatic carbocycles. The van der Waals surface area contributed by atoms with Gasteiger partial charge in [0, 0.05) is 5.41 Å². The summed E-state index contributed by atoms with van der Waals surface area (Å²) in [4.78, 5) is 11.1. The van der Waals surface area contributed by atoms with Gasteiger partial charge in [-0.25, -0.2) is 9.07 Å². The first-order valence-electron chi connectivity index (χ1n) is 7.48. The number of rotatable bonds is 2. The normalized spacial score (nSPS) is 26.3. The van der Waals surface area contributed by atoms with Gasteiger partial charge in [0.25, 0.3) is 0 Å². The van der Waals surface area contributed by atoms with Gasteiger partial charge in [-0.15, -0.1) is 0 Å². The van der Waals surface area contributed by atoms with Gasteiger partial charge in [0.1, 0.15) is 11.9 Å². The first kappa shape index (κ1) is 13.4. The van der Waals surface area contributed by atoms with E-state index in [4.69, 9.17) is 0 Å². The van der Waals surface area contributed by atoms with E-state index < -0.39 is 0 Å². The van der Waals surface area contributed by atoms with Gasteiger partial charge in [-0.1, -0.05) is 17.7 Å². The fourth-order valence-corrected chi connectivity index (χ4v) is 3.78. The Balaban J connectivity index is 1.80. The molecule has 4 rings (SSSR count). The van der Waals surface area contributed by atoms with Crippen LogP contribution in [0, 0.1) is 16.1 Å². The van der Waals surface area contributed by atoms with Gasteiger partial charge in [0.2, 0.25) is 0 Å². The molecule has 2 aliphatic rings. The Labute approximate surface area is 127 Å². The third-order valence-corrected chi connectivity index (χ3v) is 5.11. The standard InChI is InChI=1S/C17H16FN3O/c1-17-9-11-10-19-21(14-5-3-13(18)4-6-14)15(11)8-12(17)2-7-16(17)20-22/h3-6,8,10,16H,2,7,9H2,1H3/t16?,17-/m0/s1. The predicted molar refractivity (Wildman–Crippen MR) is 82.1 cm³/mol. The Kier molecular flexibility index (Phi) is 2.79. The van der Waals surface area contributed by atoms with Crippen LogP contribution in [0.2, 0.25) is 0 Å². The van der Waals surface area contributed by atoms with Crippen LogP contribution in [0.4, 0.5) is 4.39 Å². The van der Waals surface area contributed by atoms with E-state index in [0.717, 1.165) is 36.2 Å². The first-order chi connectivity index (χ1) is 10.6. The molecular formula is C17H16FN3O. The summed E-state index contributed by atoms with van der Waals surface area (Å²) in [5.74, 6) is -0.258. The fraction of sp³-hybridized carbons (Fsp3) is 0.353. The maximum Gasteiger partial charge on any atom is 0.123 e. The minimum atomic E-state index is -0.258. The SMILES string of the molecule is C[C@]12Cc3cnn(-c4ccc(F)cc4)c3C=C1CCC2N=O. The average molecular weight is 297 g/mol. The van der Waals surface area contributed by atoms with Crippen LogP contribution in [0.5, 0.6) is 0 Å². The summed E-state index contributed by atoms with van der Waals surface area (Å²) in [6.07, 6.45) is 6.49. The summed E-state index contributed by atoms with van der Waals surface area (Å²) in [5, 5.41) is 7.78. The zero-order chi connectivity index (χ0) is 15.3. The molecule has 1 heterocycles. The zero-order valence-corrected chi connectivity index (χ0v) is 12.3. The van der Waals surface area contributed by atoms with Crippen molar-refractivity contribution in [2.45, 2.75) is 32.2 Å². The van der Waals surface area contributed by atoms with Crippen molar-refractivity contribution in [3.8, 4) is 5.69 Å². The predicted octanol–water partition coefficient (Wildman–Crippen LogP) is 3.89. The molecule has 0 bridgehead atoms. The lowest BCUT2D eigenvalue weighted by atomic mass is 9.73. The molecule has 1 aromatic carbocycles. The second kappa shape index (κ2) is 4.60. The van der Waals surface area contributed by atoms with E-state index in [0.29, 0.717) is 0 Å². The Bertz CT molecular complexity index is 778. The number of halogens is 1. The molecule has 1 fully saturated rings. The molecule has 0 aliphatic heterocycles. The van der Waals surface area contributed by atoms with Crippen LogP contribution in [0.15, 0.2) is 41.2 Å². The second-order valence-corrected chi connectivity index (χ2v) is 6.37. The van der Waals surface area contributed by atoms with Crippen molar-refractivity contribution in [2.24, 2.45) is 10.6 Å². The highest BCUT2D eigenvalue weighted by Crippen LogP contribution is 2.50. The summed E-state index contributed by atoms with van der Waals surface area (Å²) >= 11 is 0. The number of nitrogens with zero attached hydrogens (tertiary/aromatic N) is 3. The molecule has 5 heteroatoms. The molecule has 22 heavy (non-hydrogen) atoms. The fourth-order valence-electron chi connectivity index (χ4n) is 3.78. The van der Waals surface area contributed by atoms with Crippen molar-refractivity contribution in [3.63, 3.8) is 0 Å². The van der Waals surface area contributed by atoms with Crippen LogP contribution in [-0.4, -0.2) is 15.8 Å². The molecule has 0 spiro atoms. The van der Waals surface area contributed by atoms with Gasteiger partial charge in [-0.3, -0.25) is 0 Å². The van der Waals surface area contributed by atoms with Crippen molar-refractivity contribution in [1.29, 1.82) is 0 Å². The van der Waals surface area contributed by atoms with Gasteiger partial charge in [-0.2, -0.15) is 10.0 Å². The monoisotopic (exact) mass is 297 g/mol. The molecule has 4 nitrogen and oxygen atoms in total. The highest BCUT2D eigenvalue weighted by atomic mass is 19.1. The molecular weight excluding hydrogens is 281 g/mol. The summed E-state index contributed by atoms with van der Waals surface area (Å²) in [6.45, 7) is 2.12. The Morgan fingerprint density at radius 1 is 1.36 bits per heavy atom. The smallest absolute Gasteiger partial charge is 0.123 e. The lowest BCUT2D eigenvalue weighted by Gasteiger charge is -2.32. The Hall–Kier alpha value is -2.30. The Morgan fingerprint density at radius 2 is 2.14 bits per heavy atom. The van der Waals surface area contributed by atoms with Crippen LogP contribution < -0.4 is 0 Å². The van der Waals surface area contributed by atoms with E-state index in [2.05, 4.69) is 23.3 Å². The minimum Gasteiger partial charge on any atom is -0.233 e. The van der Waals surface area contributed by atoms with E-state index in [1.54, 1.807) is 12.1 Å². The number of hydrogen-bond donors (Lipinski definition) is 0. The molecule has 0 radical (unpaired) electrons. The van der Waals surface area contributed by atoms with Crippen molar-refractivity contribution >= 4 is 6.08 Å². The van der Waals surface area contributed by atoms with E-state index in [1.807, 2.05) is 10.9 Å². The maximum absolute atomic E-state index is 13.1. The van der Waals surface area contributed by atoms with Gasteiger partial charge >= 0.3 is 0 Å². The van der Waals surface area contributed by atoms with E-state index >= 15 is 0 Å². The summed E-state index contributed by atoms with van der Waals surface area (Å²) in [5.41, 5.74) is 4.09. The quantitative estimate of drug-likeness (QED) is 0.790. The highest BCUT2D eigenvalue weighted by molar-refractivity contribution is 5.62. The maximum atomic E-state index is 13.1. The van der Waals surface area contributed by atoms with Gasteiger partial charge in [0.15, 0.2) is 0 Å². The third kappa shape index (κ3) is 1.78. The van der Waals surface area contributed by atoms with Crippen LogP contribution in [0.3, 0.4) is 0 Å². The van der Waals surface area contributed by atoms with Crippen molar-refractivity contribution < 1.29 is 4.39 Å². The molecule has 2 aromatic rings. The molecule has 0 N–H and O–H groups in total. The van der Waals surface area contributed by atoms with Crippen molar-refractivity contribution in [1.82, 2.24) is 9.78 Å². The van der Waals surface area contributed by atoms with Crippen molar-refractivity contribution in [2.75, 3.05) is 0 Å². The van der Waals surface area contributed by atoms with E-state index in [-0.39, 0.29) is 17.3 Å². The first-order valence-corrected chi connectivity index (χ1v) is 7.48. The van der Waals surface area contributed by atoms with Crippen LogP contribution in [0.1, 0.15) is 31.0 Å². The Morgan fingerprint density at radius 3 is 2.86 bits per heavy atom. The zero-order valence-electron chi connectivity index (χ0n) is 12.3. The molecule has 0 amide bonds. The molecule has 0 saturated heterocycles. The molecule has 112 valence electrons.